The highest BCUT2D eigenvalue weighted by molar-refractivity contribution is 5.86. The van der Waals surface area contributed by atoms with Gasteiger partial charge >= 0.3 is 5.97 Å². The van der Waals surface area contributed by atoms with Crippen molar-refractivity contribution in [2.75, 3.05) is 0 Å². The van der Waals surface area contributed by atoms with Crippen LogP contribution < -0.4 is 0 Å². The summed E-state index contributed by atoms with van der Waals surface area (Å²) in [5.74, 6) is -0.693. The number of rotatable bonds is 4. The van der Waals surface area contributed by atoms with Gasteiger partial charge in [0.25, 0.3) is 5.89 Å². The van der Waals surface area contributed by atoms with E-state index in [1.807, 2.05) is 0 Å². The molecule has 0 aliphatic carbocycles. The Balaban J connectivity index is 1.66. The second-order valence-electron chi connectivity index (χ2n) is 5.09. The Hall–Kier alpha value is -3.16. The molecule has 0 bridgehead atoms. The first kappa shape index (κ1) is 15.7. The maximum atomic E-state index is 13.6. The van der Waals surface area contributed by atoms with Crippen molar-refractivity contribution in [3.63, 3.8) is 0 Å². The van der Waals surface area contributed by atoms with E-state index in [1.165, 1.54) is 18.5 Å². The smallest absolute Gasteiger partial charge is 0.359 e. The molecular weight excluding hydrogens is 315 g/mol. The van der Waals surface area contributed by atoms with E-state index in [2.05, 4.69) is 20.1 Å². The van der Waals surface area contributed by atoms with Gasteiger partial charge < -0.3 is 9.26 Å². The topological polar surface area (TPSA) is 91.0 Å². The maximum Gasteiger partial charge on any atom is 0.359 e. The molecule has 122 valence electrons. The van der Waals surface area contributed by atoms with E-state index in [0.717, 1.165) is 0 Å². The van der Waals surface area contributed by atoms with Gasteiger partial charge in [0.1, 0.15) is 5.82 Å². The number of hydrogen-bond acceptors (Lipinski definition) is 7. The third kappa shape index (κ3) is 3.43. The quantitative estimate of drug-likeness (QED) is 0.680. The molecular formula is C16H13FN4O3. The van der Waals surface area contributed by atoms with Crippen LogP contribution >= 0.6 is 0 Å². The number of carbonyl (C=O) groups excluding carboxylic acids is 1. The molecule has 0 atom stereocenters. The van der Waals surface area contributed by atoms with Gasteiger partial charge in [-0.25, -0.2) is 14.2 Å². The number of hydrogen-bond donors (Lipinski definition) is 0. The highest BCUT2D eigenvalue weighted by Crippen LogP contribution is 2.19. The minimum Gasteiger partial charge on any atom is -0.451 e. The van der Waals surface area contributed by atoms with Crippen LogP contribution in [0.1, 0.15) is 27.6 Å². The van der Waals surface area contributed by atoms with Gasteiger partial charge in [-0.05, 0) is 25.5 Å². The van der Waals surface area contributed by atoms with Crippen molar-refractivity contribution in [1.29, 1.82) is 0 Å². The molecule has 0 N–H and O–H groups in total. The maximum absolute atomic E-state index is 13.6. The summed E-state index contributed by atoms with van der Waals surface area (Å²) in [7, 11) is 0. The Morgan fingerprint density at radius 2 is 2.08 bits per heavy atom. The normalized spacial score (nSPS) is 10.6. The zero-order valence-corrected chi connectivity index (χ0v) is 13.0. The first-order valence-electron chi connectivity index (χ1n) is 7.08. The number of nitrogens with zero attached hydrogens (tertiary/aromatic N) is 4. The number of esters is 1. The first-order chi connectivity index (χ1) is 11.5. The number of aromatic nitrogens is 4. The van der Waals surface area contributed by atoms with E-state index in [-0.39, 0.29) is 29.8 Å². The van der Waals surface area contributed by atoms with Gasteiger partial charge in [0, 0.05) is 11.8 Å². The van der Waals surface area contributed by atoms with Crippen molar-refractivity contribution < 1.29 is 18.4 Å². The Morgan fingerprint density at radius 1 is 1.25 bits per heavy atom. The van der Waals surface area contributed by atoms with Crippen molar-refractivity contribution in [1.82, 2.24) is 20.1 Å². The summed E-state index contributed by atoms with van der Waals surface area (Å²) in [5.41, 5.74) is 1.78. The molecule has 2 heterocycles. The molecule has 2 aromatic heterocycles. The molecule has 0 radical (unpaired) electrons. The Kier molecular flexibility index (Phi) is 4.28. The lowest BCUT2D eigenvalue weighted by Crippen LogP contribution is -2.08. The predicted molar refractivity (Wildman–Crippen MR) is 80.3 cm³/mol. The second-order valence-corrected chi connectivity index (χ2v) is 5.09. The van der Waals surface area contributed by atoms with Gasteiger partial charge in [-0.15, -0.1) is 0 Å². The van der Waals surface area contributed by atoms with Crippen LogP contribution in [0.5, 0.6) is 0 Å². The van der Waals surface area contributed by atoms with E-state index >= 15 is 0 Å². The minimum absolute atomic E-state index is 0.0842. The summed E-state index contributed by atoms with van der Waals surface area (Å²) in [6.45, 7) is 3.21. The van der Waals surface area contributed by atoms with Crippen molar-refractivity contribution in [3.8, 4) is 11.4 Å². The number of carbonyl (C=O) groups is 1. The zero-order valence-electron chi connectivity index (χ0n) is 13.0. The molecule has 0 aliphatic rings. The van der Waals surface area contributed by atoms with Gasteiger partial charge in [-0.3, -0.25) is 4.98 Å². The fourth-order valence-electron chi connectivity index (χ4n) is 1.86. The summed E-state index contributed by atoms with van der Waals surface area (Å²) >= 11 is 0. The number of aryl methyl sites for hydroxylation is 2. The lowest BCUT2D eigenvalue weighted by Gasteiger charge is -2.00. The van der Waals surface area contributed by atoms with Gasteiger partial charge in [0.05, 0.1) is 11.9 Å². The van der Waals surface area contributed by atoms with Crippen LogP contribution in [-0.4, -0.2) is 26.1 Å². The summed E-state index contributed by atoms with van der Waals surface area (Å²) in [4.78, 5) is 23.8. The van der Waals surface area contributed by atoms with E-state index in [9.17, 15) is 9.18 Å². The van der Waals surface area contributed by atoms with E-state index in [0.29, 0.717) is 16.8 Å². The Bertz CT molecular complexity index is 877. The highest BCUT2D eigenvalue weighted by atomic mass is 19.1. The van der Waals surface area contributed by atoms with E-state index in [4.69, 9.17) is 9.26 Å². The third-order valence-corrected chi connectivity index (χ3v) is 3.21. The largest absolute Gasteiger partial charge is 0.451 e. The molecule has 8 heteroatoms. The van der Waals surface area contributed by atoms with Gasteiger partial charge in [0.2, 0.25) is 5.82 Å². The Morgan fingerprint density at radius 3 is 2.79 bits per heavy atom. The molecule has 0 aliphatic heterocycles. The molecule has 0 saturated heterocycles. The van der Waals surface area contributed by atoms with Crippen LogP contribution in [0.2, 0.25) is 0 Å². The van der Waals surface area contributed by atoms with Crippen LogP contribution in [0, 0.1) is 19.7 Å². The van der Waals surface area contributed by atoms with Gasteiger partial charge in [0.15, 0.2) is 12.3 Å². The number of ether oxygens (including phenoxy) is 1. The summed E-state index contributed by atoms with van der Waals surface area (Å²) in [5, 5.41) is 3.75. The molecule has 24 heavy (non-hydrogen) atoms. The molecule has 0 spiro atoms. The lowest BCUT2D eigenvalue weighted by atomic mass is 10.1. The summed E-state index contributed by atoms with van der Waals surface area (Å²) < 4.78 is 23.6. The SMILES string of the molecule is Cc1cnc(C(=O)OCc2nc(-c3ccc(C)c(F)c3)no2)cn1. The molecule has 3 rings (SSSR count). The molecule has 3 aromatic rings. The van der Waals surface area contributed by atoms with Crippen molar-refractivity contribution in [3.05, 3.63) is 59.3 Å². The van der Waals surface area contributed by atoms with Crippen molar-refractivity contribution >= 4 is 5.97 Å². The van der Waals surface area contributed by atoms with Crippen LogP contribution in [-0.2, 0) is 11.3 Å². The van der Waals surface area contributed by atoms with Crippen LogP contribution in [0.4, 0.5) is 4.39 Å². The fraction of sp³-hybridized carbons (Fsp3) is 0.188. The average molecular weight is 328 g/mol. The zero-order chi connectivity index (χ0) is 17.1. The van der Waals surface area contributed by atoms with Crippen molar-refractivity contribution in [2.24, 2.45) is 0 Å². The van der Waals surface area contributed by atoms with Gasteiger partial charge in [-0.1, -0.05) is 17.3 Å². The first-order valence-corrected chi connectivity index (χ1v) is 7.08. The van der Waals surface area contributed by atoms with Gasteiger partial charge in [-0.2, -0.15) is 4.98 Å². The standard InChI is InChI=1S/C16H13FN4O3/c1-9-3-4-11(5-12(9)17)15-20-14(24-21-15)8-23-16(22)13-7-18-10(2)6-19-13/h3-7H,8H2,1-2H3. The minimum atomic E-state index is -0.649. The molecule has 1 aromatic carbocycles. The molecule has 0 saturated carbocycles. The van der Waals surface area contributed by atoms with Crippen LogP contribution in [0.15, 0.2) is 35.1 Å². The summed E-state index contributed by atoms with van der Waals surface area (Å²) in [6, 6.07) is 4.62. The van der Waals surface area contributed by atoms with E-state index < -0.39 is 5.97 Å². The molecule has 7 nitrogen and oxygen atoms in total. The van der Waals surface area contributed by atoms with Crippen LogP contribution in [0.3, 0.4) is 0 Å². The van der Waals surface area contributed by atoms with E-state index in [1.54, 1.807) is 26.0 Å². The molecule has 0 amide bonds. The number of halogens is 1. The molecule has 0 unspecified atom stereocenters. The third-order valence-electron chi connectivity index (χ3n) is 3.21. The second kappa shape index (κ2) is 6.53. The monoisotopic (exact) mass is 328 g/mol. The molecule has 0 fully saturated rings. The summed E-state index contributed by atoms with van der Waals surface area (Å²) in [6.07, 6.45) is 2.79. The Labute approximate surface area is 136 Å². The average Bonchev–Trinajstić information content (AvgIpc) is 3.05. The van der Waals surface area contributed by atoms with Crippen LogP contribution in [0.25, 0.3) is 11.4 Å². The fourth-order valence-corrected chi connectivity index (χ4v) is 1.86. The highest BCUT2D eigenvalue weighted by Gasteiger charge is 2.14. The van der Waals surface area contributed by atoms with Crippen molar-refractivity contribution in [2.45, 2.75) is 20.5 Å². The lowest BCUT2D eigenvalue weighted by molar-refractivity contribution is 0.0422. The predicted octanol–water partition coefficient (Wildman–Crippen LogP) is 2.64. The number of benzene rings is 1.